The molecule has 0 aliphatic rings. The second-order valence-electron chi connectivity index (χ2n) is 6.55. The number of benzene rings is 3. The van der Waals surface area contributed by atoms with Crippen molar-refractivity contribution in [2.24, 2.45) is 5.10 Å². The predicted octanol–water partition coefficient (Wildman–Crippen LogP) is 3.83. The summed E-state index contributed by atoms with van der Waals surface area (Å²) in [7, 11) is 4.34. The van der Waals surface area contributed by atoms with Gasteiger partial charge < -0.3 is 18.9 Å². The number of hydrogen-bond acceptors (Lipinski definition) is 7. The lowest BCUT2D eigenvalue weighted by molar-refractivity contribution is 0.0733. The van der Waals surface area contributed by atoms with Gasteiger partial charge in [0.15, 0.2) is 11.5 Å². The van der Waals surface area contributed by atoms with Gasteiger partial charge in [0.05, 0.1) is 33.1 Å². The van der Waals surface area contributed by atoms with Gasteiger partial charge in [0.1, 0.15) is 11.6 Å². The van der Waals surface area contributed by atoms with Gasteiger partial charge in [-0.15, -0.1) is 0 Å². The molecule has 0 saturated carbocycles. The molecule has 0 aliphatic heterocycles. The summed E-state index contributed by atoms with van der Waals surface area (Å²) in [4.78, 5) is 24.9. The average molecular weight is 452 g/mol. The van der Waals surface area contributed by atoms with Crippen molar-refractivity contribution in [2.75, 3.05) is 21.3 Å². The van der Waals surface area contributed by atoms with Crippen molar-refractivity contribution >= 4 is 18.1 Å². The minimum atomic E-state index is -0.668. The predicted molar refractivity (Wildman–Crippen MR) is 119 cm³/mol. The van der Waals surface area contributed by atoms with E-state index in [-0.39, 0.29) is 16.9 Å². The number of hydrazone groups is 1. The molecule has 1 N–H and O–H groups in total. The fraction of sp³-hybridized carbons (Fsp3) is 0.125. The third-order valence-electron chi connectivity index (χ3n) is 4.48. The summed E-state index contributed by atoms with van der Waals surface area (Å²) in [5.41, 5.74) is 3.03. The highest BCUT2D eigenvalue weighted by Crippen LogP contribution is 2.38. The van der Waals surface area contributed by atoms with Crippen LogP contribution in [-0.4, -0.2) is 39.4 Å². The number of hydrogen-bond donors (Lipinski definition) is 1. The molecule has 0 aliphatic carbocycles. The Kier molecular flexibility index (Phi) is 7.59. The number of carbonyl (C=O) groups is 2. The number of amides is 1. The van der Waals surface area contributed by atoms with E-state index in [0.717, 1.165) is 6.07 Å². The van der Waals surface area contributed by atoms with E-state index < -0.39 is 17.7 Å². The standard InChI is InChI=1S/C24H21FN2O6/c1-30-20-12-17(13-21(31-2)22(20)32-3)24(29)33-19-10-5-4-7-16(19)14-26-27-23(28)15-8-6-9-18(25)11-15/h4-14H,1-3H3,(H,27,28)/b26-14+. The zero-order chi connectivity index (χ0) is 23.8. The van der Waals surface area contributed by atoms with Crippen LogP contribution in [0.3, 0.4) is 0 Å². The van der Waals surface area contributed by atoms with Crippen LogP contribution < -0.4 is 24.4 Å². The summed E-state index contributed by atoms with van der Waals surface area (Å²) in [6.07, 6.45) is 1.31. The molecule has 8 nitrogen and oxygen atoms in total. The molecule has 0 unspecified atom stereocenters. The van der Waals surface area contributed by atoms with E-state index in [1.807, 2.05) is 0 Å². The van der Waals surface area contributed by atoms with E-state index in [0.29, 0.717) is 22.8 Å². The Morgan fingerprint density at radius 1 is 0.848 bits per heavy atom. The minimum Gasteiger partial charge on any atom is -0.493 e. The van der Waals surface area contributed by atoms with Crippen LogP contribution in [0.15, 0.2) is 65.8 Å². The lowest BCUT2D eigenvalue weighted by atomic mass is 10.1. The Morgan fingerprint density at radius 2 is 1.55 bits per heavy atom. The van der Waals surface area contributed by atoms with E-state index in [2.05, 4.69) is 10.5 Å². The quantitative estimate of drug-likeness (QED) is 0.242. The molecule has 9 heteroatoms. The van der Waals surface area contributed by atoms with E-state index in [9.17, 15) is 14.0 Å². The van der Waals surface area contributed by atoms with Gasteiger partial charge in [0.2, 0.25) is 5.75 Å². The summed E-state index contributed by atoms with van der Waals surface area (Å²) in [5.74, 6) is -0.622. The van der Waals surface area contributed by atoms with Crippen LogP contribution in [0.2, 0.25) is 0 Å². The van der Waals surface area contributed by atoms with Crippen LogP contribution in [0, 0.1) is 5.82 Å². The van der Waals surface area contributed by atoms with Gasteiger partial charge in [0.25, 0.3) is 5.91 Å². The molecule has 170 valence electrons. The first-order valence-electron chi connectivity index (χ1n) is 9.67. The first-order chi connectivity index (χ1) is 16.0. The third-order valence-corrected chi connectivity index (χ3v) is 4.48. The SMILES string of the molecule is COc1cc(C(=O)Oc2ccccc2/C=N/NC(=O)c2cccc(F)c2)cc(OC)c1OC. The van der Waals surface area contributed by atoms with Crippen molar-refractivity contribution in [1.29, 1.82) is 0 Å². The zero-order valence-corrected chi connectivity index (χ0v) is 18.1. The van der Waals surface area contributed by atoms with Crippen LogP contribution in [0.1, 0.15) is 26.3 Å². The molecule has 0 atom stereocenters. The Labute approximate surface area is 189 Å². The first kappa shape index (κ1) is 23.3. The monoisotopic (exact) mass is 452 g/mol. The molecule has 3 aromatic carbocycles. The molecule has 0 radical (unpaired) electrons. The topological polar surface area (TPSA) is 95.5 Å². The van der Waals surface area contributed by atoms with Gasteiger partial charge in [-0.2, -0.15) is 5.10 Å². The number of para-hydroxylation sites is 1. The smallest absolute Gasteiger partial charge is 0.343 e. The number of ether oxygens (including phenoxy) is 4. The highest BCUT2D eigenvalue weighted by molar-refractivity contribution is 5.96. The van der Waals surface area contributed by atoms with Crippen LogP contribution in [0.5, 0.6) is 23.0 Å². The molecule has 0 heterocycles. The normalized spacial score (nSPS) is 10.5. The molecule has 3 rings (SSSR count). The zero-order valence-electron chi connectivity index (χ0n) is 18.1. The van der Waals surface area contributed by atoms with Gasteiger partial charge in [-0.1, -0.05) is 18.2 Å². The number of nitrogens with one attached hydrogen (secondary N) is 1. The van der Waals surface area contributed by atoms with Crippen molar-refractivity contribution < 1.29 is 32.9 Å². The number of rotatable bonds is 8. The van der Waals surface area contributed by atoms with Gasteiger partial charge in [-0.25, -0.2) is 14.6 Å². The molecular formula is C24H21FN2O6. The van der Waals surface area contributed by atoms with Gasteiger partial charge >= 0.3 is 5.97 Å². The highest BCUT2D eigenvalue weighted by atomic mass is 19.1. The van der Waals surface area contributed by atoms with Gasteiger partial charge in [-0.05, 0) is 42.5 Å². The van der Waals surface area contributed by atoms with Crippen molar-refractivity contribution in [1.82, 2.24) is 5.43 Å². The molecule has 0 saturated heterocycles. The Balaban J connectivity index is 1.77. The van der Waals surface area contributed by atoms with E-state index in [1.54, 1.807) is 24.3 Å². The van der Waals surface area contributed by atoms with E-state index in [1.165, 1.54) is 57.9 Å². The van der Waals surface area contributed by atoms with Crippen molar-refractivity contribution in [2.45, 2.75) is 0 Å². The molecule has 0 spiro atoms. The number of carbonyl (C=O) groups excluding carboxylic acids is 2. The number of halogens is 1. The summed E-state index contributed by atoms with van der Waals surface area (Å²) in [6.45, 7) is 0. The maximum Gasteiger partial charge on any atom is 0.343 e. The van der Waals surface area contributed by atoms with Crippen molar-refractivity contribution in [3.05, 3.63) is 83.2 Å². The third kappa shape index (κ3) is 5.65. The Morgan fingerprint density at radius 3 is 2.18 bits per heavy atom. The maximum absolute atomic E-state index is 13.3. The van der Waals surface area contributed by atoms with E-state index in [4.69, 9.17) is 18.9 Å². The average Bonchev–Trinajstić information content (AvgIpc) is 2.83. The second kappa shape index (κ2) is 10.8. The number of nitrogens with zero attached hydrogens (tertiary/aromatic N) is 1. The van der Waals surface area contributed by atoms with Crippen LogP contribution in [-0.2, 0) is 0 Å². The summed E-state index contributed by atoms with van der Waals surface area (Å²) in [6, 6.07) is 14.8. The number of methoxy groups -OCH3 is 3. The molecule has 0 fully saturated rings. The Hall–Kier alpha value is -4.40. The van der Waals surface area contributed by atoms with Gasteiger partial charge in [-0.3, -0.25) is 4.79 Å². The van der Waals surface area contributed by atoms with E-state index >= 15 is 0 Å². The maximum atomic E-state index is 13.3. The largest absolute Gasteiger partial charge is 0.493 e. The first-order valence-corrected chi connectivity index (χ1v) is 9.67. The molecular weight excluding hydrogens is 431 g/mol. The lowest BCUT2D eigenvalue weighted by Crippen LogP contribution is -2.17. The lowest BCUT2D eigenvalue weighted by Gasteiger charge is -2.14. The number of esters is 1. The second-order valence-corrected chi connectivity index (χ2v) is 6.55. The summed E-state index contributed by atoms with van der Waals surface area (Å²) < 4.78 is 34.6. The Bertz CT molecular complexity index is 1170. The van der Waals surface area contributed by atoms with Crippen LogP contribution in [0.4, 0.5) is 4.39 Å². The fourth-order valence-corrected chi connectivity index (χ4v) is 2.89. The fourth-order valence-electron chi connectivity index (χ4n) is 2.89. The highest BCUT2D eigenvalue weighted by Gasteiger charge is 2.19. The molecule has 0 aromatic heterocycles. The summed E-state index contributed by atoms with van der Waals surface area (Å²) in [5, 5.41) is 3.87. The van der Waals surface area contributed by atoms with Gasteiger partial charge in [0, 0.05) is 11.1 Å². The molecule has 3 aromatic rings. The molecule has 1 amide bonds. The van der Waals surface area contributed by atoms with Crippen molar-refractivity contribution in [3.63, 3.8) is 0 Å². The molecule has 0 bridgehead atoms. The van der Waals surface area contributed by atoms with Crippen LogP contribution >= 0.6 is 0 Å². The van der Waals surface area contributed by atoms with Crippen molar-refractivity contribution in [3.8, 4) is 23.0 Å². The molecule has 33 heavy (non-hydrogen) atoms. The summed E-state index contributed by atoms with van der Waals surface area (Å²) >= 11 is 0. The van der Waals surface area contributed by atoms with Crippen LogP contribution in [0.25, 0.3) is 0 Å². The minimum absolute atomic E-state index is 0.120.